The van der Waals surface area contributed by atoms with Gasteiger partial charge in [0.1, 0.15) is 4.90 Å². The second-order valence-electron chi connectivity index (χ2n) is 6.54. The van der Waals surface area contributed by atoms with E-state index in [1.807, 2.05) is 0 Å². The van der Waals surface area contributed by atoms with Gasteiger partial charge in [0.25, 0.3) is 10.0 Å². The van der Waals surface area contributed by atoms with Crippen LogP contribution in [0.25, 0.3) is 0 Å². The maximum absolute atomic E-state index is 12.7. The Morgan fingerprint density at radius 3 is 2.30 bits per heavy atom. The summed E-state index contributed by atoms with van der Waals surface area (Å²) in [5, 5.41) is 0. The summed E-state index contributed by atoms with van der Waals surface area (Å²) in [6.07, 6.45) is 0.446. The summed E-state index contributed by atoms with van der Waals surface area (Å²) in [4.78, 5) is 36.4. The standard InChI is InChI=1S/C20H19BrN2O6S/c1-2-29-20(26)14-5-8-17(16(21)11-14)30(27,28)22-15-6-3-13(4-7-15)12-23-18(24)9-10-19(23)25/h3-8,11,22H,2,9-10,12H2,1H3. The lowest BCUT2D eigenvalue weighted by Crippen LogP contribution is -2.28. The average molecular weight is 495 g/mol. The molecule has 30 heavy (non-hydrogen) atoms. The molecule has 0 saturated carbocycles. The third-order valence-corrected chi connectivity index (χ3v) is 6.79. The molecule has 1 saturated heterocycles. The van der Waals surface area contributed by atoms with Gasteiger partial charge in [0.15, 0.2) is 0 Å². The predicted molar refractivity (Wildman–Crippen MR) is 112 cm³/mol. The van der Waals surface area contributed by atoms with Crippen molar-refractivity contribution in [3.05, 3.63) is 58.1 Å². The molecule has 8 nitrogen and oxygen atoms in total. The first-order valence-corrected chi connectivity index (χ1v) is 11.4. The third-order valence-electron chi connectivity index (χ3n) is 4.43. The van der Waals surface area contributed by atoms with E-state index in [0.29, 0.717) is 11.3 Å². The number of hydrogen-bond donors (Lipinski definition) is 1. The Morgan fingerprint density at radius 1 is 1.10 bits per heavy atom. The number of sulfonamides is 1. The summed E-state index contributed by atoms with van der Waals surface area (Å²) < 4.78 is 33.0. The average Bonchev–Trinajstić information content (AvgIpc) is 3.01. The van der Waals surface area contributed by atoms with E-state index in [-0.39, 0.29) is 52.7 Å². The van der Waals surface area contributed by atoms with Gasteiger partial charge in [-0.3, -0.25) is 19.2 Å². The third kappa shape index (κ3) is 4.88. The quantitative estimate of drug-likeness (QED) is 0.467. The highest BCUT2D eigenvalue weighted by Gasteiger charge is 2.28. The first-order valence-electron chi connectivity index (χ1n) is 9.13. The molecule has 0 spiro atoms. The molecule has 1 fully saturated rings. The van der Waals surface area contributed by atoms with E-state index >= 15 is 0 Å². The van der Waals surface area contributed by atoms with Gasteiger partial charge >= 0.3 is 5.97 Å². The maximum atomic E-state index is 12.7. The number of rotatable bonds is 7. The molecular formula is C20H19BrN2O6S. The van der Waals surface area contributed by atoms with Gasteiger partial charge in [0.2, 0.25) is 11.8 Å². The number of benzene rings is 2. The first-order chi connectivity index (χ1) is 14.2. The number of amides is 2. The van der Waals surface area contributed by atoms with Crippen LogP contribution in [0, 0.1) is 0 Å². The molecule has 0 bridgehead atoms. The van der Waals surface area contributed by atoms with E-state index in [4.69, 9.17) is 4.74 Å². The number of likely N-dealkylation sites (tertiary alicyclic amines) is 1. The van der Waals surface area contributed by atoms with E-state index in [0.717, 1.165) is 0 Å². The van der Waals surface area contributed by atoms with E-state index in [1.54, 1.807) is 31.2 Å². The SMILES string of the molecule is CCOC(=O)c1ccc(S(=O)(=O)Nc2ccc(CN3C(=O)CCC3=O)cc2)c(Br)c1. The van der Waals surface area contributed by atoms with Crippen LogP contribution < -0.4 is 4.72 Å². The fraction of sp³-hybridized carbons (Fsp3) is 0.250. The van der Waals surface area contributed by atoms with Crippen LogP contribution in [0.2, 0.25) is 0 Å². The van der Waals surface area contributed by atoms with Crippen LogP contribution in [0.3, 0.4) is 0 Å². The molecule has 1 heterocycles. The van der Waals surface area contributed by atoms with Gasteiger partial charge < -0.3 is 4.74 Å². The molecular weight excluding hydrogens is 476 g/mol. The minimum absolute atomic E-state index is 0.0344. The number of carbonyl (C=O) groups excluding carboxylic acids is 3. The highest BCUT2D eigenvalue weighted by atomic mass is 79.9. The monoisotopic (exact) mass is 494 g/mol. The van der Waals surface area contributed by atoms with Crippen molar-refractivity contribution in [1.82, 2.24) is 4.90 Å². The first kappa shape index (κ1) is 22.0. The molecule has 0 radical (unpaired) electrons. The zero-order valence-corrected chi connectivity index (χ0v) is 18.5. The second kappa shape index (κ2) is 8.97. The van der Waals surface area contributed by atoms with E-state index in [2.05, 4.69) is 20.7 Å². The Morgan fingerprint density at radius 2 is 1.73 bits per heavy atom. The van der Waals surface area contributed by atoms with Crippen molar-refractivity contribution < 1.29 is 27.5 Å². The second-order valence-corrected chi connectivity index (χ2v) is 9.05. The largest absolute Gasteiger partial charge is 0.462 e. The van der Waals surface area contributed by atoms with Crippen molar-refractivity contribution >= 4 is 49.4 Å². The summed E-state index contributed by atoms with van der Waals surface area (Å²) in [6, 6.07) is 10.5. The summed E-state index contributed by atoms with van der Waals surface area (Å²) in [5.74, 6) is -0.956. The number of halogens is 1. The van der Waals surface area contributed by atoms with Crippen molar-refractivity contribution in [2.45, 2.75) is 31.2 Å². The van der Waals surface area contributed by atoms with Crippen molar-refractivity contribution in [2.75, 3.05) is 11.3 Å². The molecule has 1 aliphatic heterocycles. The topological polar surface area (TPSA) is 110 Å². The van der Waals surface area contributed by atoms with Crippen LogP contribution in [0.1, 0.15) is 35.7 Å². The normalized spacial score (nSPS) is 14.1. The van der Waals surface area contributed by atoms with Gasteiger partial charge in [-0.25, -0.2) is 13.2 Å². The molecule has 3 rings (SSSR count). The van der Waals surface area contributed by atoms with Crippen molar-refractivity contribution in [1.29, 1.82) is 0 Å². The van der Waals surface area contributed by atoms with Gasteiger partial charge in [0, 0.05) is 23.0 Å². The Kier molecular flexibility index (Phi) is 6.57. The molecule has 2 aromatic carbocycles. The van der Waals surface area contributed by atoms with Crippen LogP contribution >= 0.6 is 15.9 Å². The number of anilines is 1. The van der Waals surface area contributed by atoms with Crippen molar-refractivity contribution in [3.63, 3.8) is 0 Å². The number of carbonyl (C=O) groups is 3. The van der Waals surface area contributed by atoms with E-state index in [1.165, 1.54) is 23.1 Å². The van der Waals surface area contributed by atoms with Crippen molar-refractivity contribution in [2.24, 2.45) is 0 Å². The molecule has 1 aliphatic rings. The van der Waals surface area contributed by atoms with E-state index in [9.17, 15) is 22.8 Å². The molecule has 1 N–H and O–H groups in total. The number of hydrogen-bond acceptors (Lipinski definition) is 6. The fourth-order valence-corrected chi connectivity index (χ4v) is 5.07. The molecule has 0 aromatic heterocycles. The minimum Gasteiger partial charge on any atom is -0.462 e. The lowest BCUT2D eigenvalue weighted by Gasteiger charge is -2.14. The molecule has 2 aromatic rings. The number of ether oxygens (including phenoxy) is 1. The maximum Gasteiger partial charge on any atom is 0.338 e. The summed E-state index contributed by atoms with van der Waals surface area (Å²) in [6.45, 7) is 2.06. The number of nitrogens with zero attached hydrogens (tertiary/aromatic N) is 1. The van der Waals surface area contributed by atoms with Gasteiger partial charge in [-0.2, -0.15) is 0 Å². The highest BCUT2D eigenvalue weighted by molar-refractivity contribution is 9.10. The van der Waals surface area contributed by atoms with E-state index < -0.39 is 16.0 Å². The molecule has 10 heteroatoms. The van der Waals surface area contributed by atoms with Crippen LogP contribution in [-0.2, 0) is 30.9 Å². The zero-order valence-electron chi connectivity index (χ0n) is 16.1. The smallest absolute Gasteiger partial charge is 0.338 e. The Labute approximate surface area is 182 Å². The Hall–Kier alpha value is -2.72. The molecule has 0 unspecified atom stereocenters. The highest BCUT2D eigenvalue weighted by Crippen LogP contribution is 2.26. The zero-order chi connectivity index (χ0) is 21.9. The van der Waals surface area contributed by atoms with Gasteiger partial charge in [-0.1, -0.05) is 12.1 Å². The Bertz CT molecular complexity index is 1080. The molecule has 2 amide bonds. The summed E-state index contributed by atoms with van der Waals surface area (Å²) in [7, 11) is -3.92. The molecule has 0 atom stereocenters. The number of nitrogens with one attached hydrogen (secondary N) is 1. The van der Waals surface area contributed by atoms with Crippen LogP contribution in [0.5, 0.6) is 0 Å². The fourth-order valence-electron chi connectivity index (χ4n) is 2.93. The number of esters is 1. The van der Waals surface area contributed by atoms with Crippen LogP contribution in [-0.4, -0.2) is 37.7 Å². The lowest BCUT2D eigenvalue weighted by molar-refractivity contribution is -0.139. The minimum atomic E-state index is -3.92. The molecule has 158 valence electrons. The lowest BCUT2D eigenvalue weighted by atomic mass is 10.2. The predicted octanol–water partition coefficient (Wildman–Crippen LogP) is 3.08. The van der Waals surface area contributed by atoms with Gasteiger partial charge in [0.05, 0.1) is 18.7 Å². The summed E-state index contributed by atoms with van der Waals surface area (Å²) >= 11 is 3.19. The van der Waals surface area contributed by atoms with Crippen LogP contribution in [0.15, 0.2) is 51.8 Å². The Balaban J connectivity index is 1.73. The van der Waals surface area contributed by atoms with Gasteiger partial charge in [-0.15, -0.1) is 0 Å². The summed E-state index contributed by atoms with van der Waals surface area (Å²) in [5.41, 5.74) is 1.26. The van der Waals surface area contributed by atoms with Gasteiger partial charge in [-0.05, 0) is 58.7 Å². The number of imide groups is 1. The van der Waals surface area contributed by atoms with Crippen LogP contribution in [0.4, 0.5) is 5.69 Å². The molecule has 0 aliphatic carbocycles. The van der Waals surface area contributed by atoms with Crippen molar-refractivity contribution in [3.8, 4) is 0 Å².